The first-order valence-corrected chi connectivity index (χ1v) is 7.19. The van der Waals surface area contributed by atoms with Crippen molar-refractivity contribution in [2.75, 3.05) is 7.05 Å². The molecule has 0 aliphatic heterocycles. The first kappa shape index (κ1) is 14.6. The Labute approximate surface area is 127 Å². The van der Waals surface area contributed by atoms with Crippen molar-refractivity contribution in [2.24, 2.45) is 0 Å². The van der Waals surface area contributed by atoms with Crippen molar-refractivity contribution in [3.63, 3.8) is 0 Å². The lowest BCUT2D eigenvalue weighted by Gasteiger charge is -2.20. The minimum atomic E-state index is -0.564. The van der Waals surface area contributed by atoms with Crippen molar-refractivity contribution < 1.29 is 8.78 Å². The highest BCUT2D eigenvalue weighted by molar-refractivity contribution is 9.11. The summed E-state index contributed by atoms with van der Waals surface area (Å²) in [6.45, 7) is 0. The third-order valence-electron chi connectivity index (χ3n) is 2.85. The Morgan fingerprint density at radius 3 is 2.26 bits per heavy atom. The van der Waals surface area contributed by atoms with Gasteiger partial charge in [0.05, 0.1) is 6.04 Å². The van der Waals surface area contributed by atoms with Crippen LogP contribution in [0.3, 0.4) is 0 Å². The Balaban J connectivity index is 2.59. The molecule has 1 unspecified atom stereocenters. The van der Waals surface area contributed by atoms with E-state index in [0.29, 0.717) is 0 Å². The van der Waals surface area contributed by atoms with Crippen molar-refractivity contribution >= 4 is 31.9 Å². The molecular weight excluding hydrogens is 380 g/mol. The molecule has 2 aromatic carbocycles. The summed E-state index contributed by atoms with van der Waals surface area (Å²) in [6.07, 6.45) is 0. The van der Waals surface area contributed by atoms with Crippen molar-refractivity contribution in [1.29, 1.82) is 0 Å². The van der Waals surface area contributed by atoms with Gasteiger partial charge in [-0.25, -0.2) is 8.78 Å². The maximum absolute atomic E-state index is 13.9. The van der Waals surface area contributed by atoms with Crippen LogP contribution in [0.5, 0.6) is 0 Å². The number of hydrogen-bond donors (Lipinski definition) is 1. The van der Waals surface area contributed by atoms with Gasteiger partial charge in [-0.2, -0.15) is 0 Å². The quantitative estimate of drug-likeness (QED) is 0.793. The van der Waals surface area contributed by atoms with Crippen molar-refractivity contribution in [1.82, 2.24) is 5.32 Å². The van der Waals surface area contributed by atoms with Gasteiger partial charge >= 0.3 is 0 Å². The zero-order valence-corrected chi connectivity index (χ0v) is 13.2. The normalized spacial score (nSPS) is 12.5. The van der Waals surface area contributed by atoms with Crippen LogP contribution in [0.1, 0.15) is 17.2 Å². The van der Waals surface area contributed by atoms with Gasteiger partial charge in [0.2, 0.25) is 0 Å². The summed E-state index contributed by atoms with van der Waals surface area (Å²) in [5.41, 5.74) is 0.782. The summed E-state index contributed by atoms with van der Waals surface area (Å²) >= 11 is 6.78. The second-order valence-corrected chi connectivity index (χ2v) is 5.79. The van der Waals surface area contributed by atoms with Crippen LogP contribution < -0.4 is 5.32 Å². The average Bonchev–Trinajstić information content (AvgIpc) is 2.37. The summed E-state index contributed by atoms with van der Waals surface area (Å²) < 4.78 is 29.4. The van der Waals surface area contributed by atoms with Crippen LogP contribution in [0.25, 0.3) is 0 Å². The first-order valence-electron chi connectivity index (χ1n) is 5.60. The molecule has 0 amide bonds. The third-order valence-corrected chi connectivity index (χ3v) is 4.06. The van der Waals surface area contributed by atoms with Crippen LogP contribution in [-0.4, -0.2) is 7.05 Å². The van der Waals surface area contributed by atoms with Crippen LogP contribution in [-0.2, 0) is 0 Å². The molecule has 2 rings (SSSR count). The van der Waals surface area contributed by atoms with E-state index < -0.39 is 17.7 Å². The highest BCUT2D eigenvalue weighted by Crippen LogP contribution is 2.33. The lowest BCUT2D eigenvalue weighted by Crippen LogP contribution is -2.21. The third kappa shape index (κ3) is 3.04. The largest absolute Gasteiger partial charge is 0.309 e. The van der Waals surface area contributed by atoms with Crippen LogP contribution in [0.15, 0.2) is 45.3 Å². The molecule has 0 aliphatic carbocycles. The summed E-state index contributed by atoms with van der Waals surface area (Å²) in [4.78, 5) is 0. The molecule has 0 spiro atoms. The summed E-state index contributed by atoms with van der Waals surface area (Å²) in [5.74, 6) is -1.13. The van der Waals surface area contributed by atoms with Crippen LogP contribution in [0, 0.1) is 11.6 Å². The molecule has 5 heteroatoms. The topological polar surface area (TPSA) is 12.0 Å². The zero-order valence-electron chi connectivity index (χ0n) is 10.1. The van der Waals surface area contributed by atoms with Gasteiger partial charge in [-0.1, -0.05) is 37.9 Å². The average molecular weight is 391 g/mol. The van der Waals surface area contributed by atoms with Gasteiger partial charge in [0.1, 0.15) is 11.6 Å². The molecule has 0 radical (unpaired) electrons. The number of halogens is 4. The predicted octanol–water partition coefficient (Wildman–Crippen LogP) is 4.80. The molecule has 0 saturated carbocycles. The van der Waals surface area contributed by atoms with Crippen molar-refractivity contribution in [3.05, 3.63) is 68.1 Å². The highest BCUT2D eigenvalue weighted by atomic mass is 79.9. The molecule has 0 aromatic heterocycles. The Bertz CT molecular complexity index is 582. The fourth-order valence-corrected chi connectivity index (χ4v) is 2.83. The van der Waals surface area contributed by atoms with Gasteiger partial charge < -0.3 is 5.32 Å². The van der Waals surface area contributed by atoms with Crippen molar-refractivity contribution in [3.8, 4) is 0 Å². The molecule has 0 aliphatic rings. The smallest absolute Gasteiger partial charge is 0.131 e. The number of nitrogens with one attached hydrogen (secondary N) is 1. The second kappa shape index (κ2) is 6.11. The van der Waals surface area contributed by atoms with E-state index in [1.54, 1.807) is 7.05 Å². The molecule has 2 aromatic rings. The molecule has 1 atom stereocenters. The Kier molecular flexibility index (Phi) is 4.71. The molecule has 1 N–H and O–H groups in total. The van der Waals surface area contributed by atoms with Gasteiger partial charge in [0.25, 0.3) is 0 Å². The molecular formula is C14H11Br2F2N. The lowest BCUT2D eigenvalue weighted by molar-refractivity contribution is 0.521. The zero-order chi connectivity index (χ0) is 14.0. The van der Waals surface area contributed by atoms with E-state index >= 15 is 0 Å². The van der Waals surface area contributed by atoms with E-state index in [4.69, 9.17) is 0 Å². The van der Waals surface area contributed by atoms with E-state index in [9.17, 15) is 8.78 Å². The molecule has 0 saturated heterocycles. The second-order valence-electron chi connectivity index (χ2n) is 4.02. The maximum Gasteiger partial charge on any atom is 0.131 e. The monoisotopic (exact) mass is 389 g/mol. The van der Waals surface area contributed by atoms with Gasteiger partial charge in [0.15, 0.2) is 0 Å². The number of benzene rings is 2. The fraction of sp³-hybridized carbons (Fsp3) is 0.143. The maximum atomic E-state index is 13.9. The standard InChI is InChI=1S/C14H11Br2F2N/c1-19-14(9-7-8(15)5-6-10(9)16)13-11(17)3-2-4-12(13)18/h2-7,14,19H,1H3. The van der Waals surface area contributed by atoms with Crippen LogP contribution >= 0.6 is 31.9 Å². The summed E-state index contributed by atoms with van der Waals surface area (Å²) in [7, 11) is 1.67. The van der Waals surface area contributed by atoms with E-state index in [0.717, 1.165) is 14.5 Å². The summed E-state index contributed by atoms with van der Waals surface area (Å²) in [6, 6.07) is 8.84. The van der Waals surface area contributed by atoms with E-state index in [2.05, 4.69) is 37.2 Å². The van der Waals surface area contributed by atoms with Gasteiger partial charge in [-0.05, 0) is 42.9 Å². The molecule has 0 fully saturated rings. The minimum absolute atomic E-state index is 0.0174. The van der Waals surface area contributed by atoms with Crippen LogP contribution in [0.4, 0.5) is 8.78 Å². The Hall–Kier alpha value is -0.780. The van der Waals surface area contributed by atoms with Crippen molar-refractivity contribution in [2.45, 2.75) is 6.04 Å². The number of hydrogen-bond acceptors (Lipinski definition) is 1. The van der Waals surface area contributed by atoms with Crippen LogP contribution in [0.2, 0.25) is 0 Å². The molecule has 19 heavy (non-hydrogen) atoms. The summed E-state index contributed by atoms with van der Waals surface area (Å²) in [5, 5.41) is 2.95. The van der Waals surface area contributed by atoms with Gasteiger partial charge in [-0.15, -0.1) is 0 Å². The molecule has 0 heterocycles. The highest BCUT2D eigenvalue weighted by Gasteiger charge is 2.22. The lowest BCUT2D eigenvalue weighted by atomic mass is 9.98. The Morgan fingerprint density at radius 1 is 1.05 bits per heavy atom. The van der Waals surface area contributed by atoms with Gasteiger partial charge in [-0.3, -0.25) is 0 Å². The fourth-order valence-electron chi connectivity index (χ4n) is 1.98. The van der Waals surface area contributed by atoms with E-state index in [-0.39, 0.29) is 5.56 Å². The molecule has 100 valence electrons. The number of rotatable bonds is 3. The Morgan fingerprint density at radius 2 is 1.68 bits per heavy atom. The first-order chi connectivity index (χ1) is 9.04. The minimum Gasteiger partial charge on any atom is -0.309 e. The molecule has 1 nitrogen and oxygen atoms in total. The van der Waals surface area contributed by atoms with E-state index in [1.165, 1.54) is 18.2 Å². The van der Waals surface area contributed by atoms with E-state index in [1.807, 2.05) is 18.2 Å². The predicted molar refractivity (Wildman–Crippen MR) is 79.1 cm³/mol. The molecule has 0 bridgehead atoms. The van der Waals surface area contributed by atoms with Gasteiger partial charge in [0, 0.05) is 14.5 Å². The SMILES string of the molecule is CNC(c1cc(Br)ccc1Br)c1c(F)cccc1F.